The maximum absolute atomic E-state index is 12.6. The summed E-state index contributed by atoms with van der Waals surface area (Å²) in [5, 5.41) is 0.910. The summed E-state index contributed by atoms with van der Waals surface area (Å²) in [6, 6.07) is 5.60. The third-order valence-electron chi connectivity index (χ3n) is 2.14. The molecule has 0 spiro atoms. The normalized spacial score (nSPS) is 11.5. The van der Waals surface area contributed by atoms with Gasteiger partial charge < -0.3 is 0 Å². The van der Waals surface area contributed by atoms with Gasteiger partial charge in [0.2, 0.25) is 0 Å². The second-order valence-corrected chi connectivity index (χ2v) is 4.94. The number of rotatable bonds is 1. The number of fused-ring (bicyclic) bond motifs is 1. The number of aryl methyl sites for hydroxylation is 1. The largest absolute Gasteiger partial charge is 0.273 e. The molecule has 0 aliphatic heterocycles. The summed E-state index contributed by atoms with van der Waals surface area (Å²) in [5.41, 5.74) is 0.687. The molecule has 2 rings (SSSR count). The number of alkyl halides is 2. The Kier molecular flexibility index (Phi) is 2.58. The second kappa shape index (κ2) is 3.59. The second-order valence-electron chi connectivity index (χ2n) is 3.00. The van der Waals surface area contributed by atoms with Crippen LogP contribution in [0.5, 0.6) is 0 Å². The van der Waals surface area contributed by atoms with E-state index >= 15 is 0 Å². The van der Waals surface area contributed by atoms with Crippen molar-refractivity contribution in [2.45, 2.75) is 13.3 Å². The molecule has 0 fully saturated rings. The molecular weight excluding hydrogens is 270 g/mol. The third kappa shape index (κ3) is 1.46. The summed E-state index contributed by atoms with van der Waals surface area (Å²) in [7, 11) is 0. The minimum atomic E-state index is -2.38. The number of hydrogen-bond acceptors (Lipinski definition) is 1. The van der Waals surface area contributed by atoms with E-state index in [2.05, 4.69) is 15.9 Å². The van der Waals surface area contributed by atoms with Gasteiger partial charge in [-0.1, -0.05) is 22.0 Å². The van der Waals surface area contributed by atoms with Gasteiger partial charge >= 0.3 is 0 Å². The van der Waals surface area contributed by atoms with Crippen molar-refractivity contribution in [2.75, 3.05) is 0 Å². The maximum atomic E-state index is 12.6. The lowest BCUT2D eigenvalue weighted by molar-refractivity contribution is 0.155. The van der Waals surface area contributed by atoms with E-state index < -0.39 is 6.43 Å². The molecule has 74 valence electrons. The summed E-state index contributed by atoms with van der Waals surface area (Å²) in [6.45, 7) is 1.74. The van der Waals surface area contributed by atoms with Gasteiger partial charge in [0, 0.05) is 14.6 Å². The Labute approximate surface area is 92.7 Å². The molecule has 0 bridgehead atoms. The van der Waals surface area contributed by atoms with Crippen LogP contribution < -0.4 is 0 Å². The SMILES string of the molecule is Cc1c(C(F)F)sc2cccc(Br)c12. The Balaban J connectivity index is 2.81. The van der Waals surface area contributed by atoms with E-state index in [0.717, 1.165) is 14.6 Å². The fourth-order valence-electron chi connectivity index (χ4n) is 1.48. The van der Waals surface area contributed by atoms with Crippen LogP contribution >= 0.6 is 27.3 Å². The molecule has 4 heteroatoms. The van der Waals surface area contributed by atoms with E-state index in [1.807, 2.05) is 18.2 Å². The minimum Gasteiger partial charge on any atom is -0.204 e. The molecule has 0 saturated carbocycles. The van der Waals surface area contributed by atoms with E-state index in [4.69, 9.17) is 0 Å². The van der Waals surface area contributed by atoms with Gasteiger partial charge in [0.05, 0.1) is 4.88 Å². The molecule has 0 atom stereocenters. The van der Waals surface area contributed by atoms with Crippen molar-refractivity contribution in [1.29, 1.82) is 0 Å². The molecule has 0 nitrogen and oxygen atoms in total. The fraction of sp³-hybridized carbons (Fsp3) is 0.200. The zero-order valence-corrected chi connectivity index (χ0v) is 9.75. The van der Waals surface area contributed by atoms with Crippen LogP contribution in [0.4, 0.5) is 8.78 Å². The van der Waals surface area contributed by atoms with Crippen molar-refractivity contribution >= 4 is 37.4 Å². The van der Waals surface area contributed by atoms with Crippen LogP contribution in [0.1, 0.15) is 16.9 Å². The van der Waals surface area contributed by atoms with Crippen LogP contribution in [-0.4, -0.2) is 0 Å². The molecule has 0 aliphatic rings. The fourth-order valence-corrected chi connectivity index (χ4v) is 3.37. The average Bonchev–Trinajstić information content (AvgIpc) is 2.45. The zero-order valence-electron chi connectivity index (χ0n) is 7.35. The Bertz CT molecular complexity index is 476. The summed E-state index contributed by atoms with van der Waals surface area (Å²) in [5.74, 6) is 0. The molecule has 1 heterocycles. The first kappa shape index (κ1) is 10.1. The van der Waals surface area contributed by atoms with Crippen LogP contribution in [0.2, 0.25) is 0 Å². The van der Waals surface area contributed by atoms with Gasteiger partial charge in [0.25, 0.3) is 6.43 Å². The highest BCUT2D eigenvalue weighted by Crippen LogP contribution is 2.39. The van der Waals surface area contributed by atoms with Crippen LogP contribution in [-0.2, 0) is 0 Å². The molecule has 1 aromatic heterocycles. The molecule has 0 radical (unpaired) electrons. The highest BCUT2D eigenvalue weighted by Gasteiger charge is 2.17. The number of thiophene rings is 1. The topological polar surface area (TPSA) is 0 Å². The lowest BCUT2D eigenvalue weighted by Crippen LogP contribution is -1.81. The molecule has 1 aromatic carbocycles. The van der Waals surface area contributed by atoms with Gasteiger partial charge in [-0.3, -0.25) is 0 Å². The number of halogens is 3. The summed E-state index contributed by atoms with van der Waals surface area (Å²) < 4.78 is 27.0. The Hall–Kier alpha value is -0.480. The summed E-state index contributed by atoms with van der Waals surface area (Å²) in [4.78, 5) is 0.173. The minimum absolute atomic E-state index is 0.173. The monoisotopic (exact) mass is 276 g/mol. The third-order valence-corrected chi connectivity index (χ3v) is 4.06. The van der Waals surface area contributed by atoms with Gasteiger partial charge in [-0.05, 0) is 24.6 Å². The van der Waals surface area contributed by atoms with E-state index in [0.29, 0.717) is 5.56 Å². The van der Waals surface area contributed by atoms with Crippen LogP contribution in [0.15, 0.2) is 22.7 Å². The van der Waals surface area contributed by atoms with Crippen molar-refractivity contribution in [1.82, 2.24) is 0 Å². The Morgan fingerprint density at radius 3 is 2.64 bits per heavy atom. The van der Waals surface area contributed by atoms with Gasteiger partial charge in [-0.25, -0.2) is 8.78 Å². The molecule has 0 saturated heterocycles. The molecule has 0 N–H and O–H groups in total. The molecule has 14 heavy (non-hydrogen) atoms. The molecule has 0 aliphatic carbocycles. The van der Waals surface area contributed by atoms with Gasteiger partial charge in [-0.15, -0.1) is 11.3 Å². The van der Waals surface area contributed by atoms with E-state index in [-0.39, 0.29) is 4.88 Å². The molecule has 0 unspecified atom stereocenters. The molecular formula is C10H7BrF2S. The quantitative estimate of drug-likeness (QED) is 0.694. The first-order chi connectivity index (χ1) is 6.61. The van der Waals surface area contributed by atoms with Crippen molar-refractivity contribution in [3.05, 3.63) is 33.1 Å². The van der Waals surface area contributed by atoms with E-state index in [1.165, 1.54) is 11.3 Å². The average molecular weight is 277 g/mol. The molecule has 0 amide bonds. The number of benzene rings is 1. The van der Waals surface area contributed by atoms with Crippen LogP contribution in [0.25, 0.3) is 10.1 Å². The van der Waals surface area contributed by atoms with Gasteiger partial charge in [-0.2, -0.15) is 0 Å². The maximum Gasteiger partial charge on any atom is 0.273 e. The summed E-state index contributed by atoms with van der Waals surface area (Å²) in [6.07, 6.45) is -2.38. The highest BCUT2D eigenvalue weighted by atomic mass is 79.9. The first-order valence-electron chi connectivity index (χ1n) is 4.07. The van der Waals surface area contributed by atoms with Crippen molar-refractivity contribution < 1.29 is 8.78 Å². The Morgan fingerprint density at radius 1 is 1.36 bits per heavy atom. The Morgan fingerprint density at radius 2 is 2.07 bits per heavy atom. The van der Waals surface area contributed by atoms with Gasteiger partial charge in [0.1, 0.15) is 0 Å². The molecule has 2 aromatic rings. The van der Waals surface area contributed by atoms with Crippen molar-refractivity contribution in [3.63, 3.8) is 0 Å². The van der Waals surface area contributed by atoms with Gasteiger partial charge in [0.15, 0.2) is 0 Å². The first-order valence-corrected chi connectivity index (χ1v) is 5.68. The predicted molar refractivity (Wildman–Crippen MR) is 59.2 cm³/mol. The lowest BCUT2D eigenvalue weighted by Gasteiger charge is -1.97. The van der Waals surface area contributed by atoms with Crippen LogP contribution in [0, 0.1) is 6.92 Å². The van der Waals surface area contributed by atoms with Crippen molar-refractivity contribution in [2.24, 2.45) is 0 Å². The predicted octanol–water partition coefficient (Wildman–Crippen LogP) is 4.91. The standard InChI is InChI=1S/C10H7BrF2S/c1-5-8-6(11)3-2-4-7(8)14-9(5)10(12)13/h2-4,10H,1H3. The van der Waals surface area contributed by atoms with Crippen LogP contribution in [0.3, 0.4) is 0 Å². The van der Waals surface area contributed by atoms with E-state index in [9.17, 15) is 8.78 Å². The zero-order chi connectivity index (χ0) is 10.3. The lowest BCUT2D eigenvalue weighted by atomic mass is 10.1. The summed E-state index contributed by atoms with van der Waals surface area (Å²) >= 11 is 4.54. The smallest absolute Gasteiger partial charge is 0.204 e. The number of hydrogen-bond donors (Lipinski definition) is 0. The highest BCUT2D eigenvalue weighted by molar-refractivity contribution is 9.10. The van der Waals surface area contributed by atoms with Crippen molar-refractivity contribution in [3.8, 4) is 0 Å². The van der Waals surface area contributed by atoms with E-state index in [1.54, 1.807) is 6.92 Å².